The lowest BCUT2D eigenvalue weighted by molar-refractivity contribution is 0.0996. The number of anilines is 1. The first-order valence-corrected chi connectivity index (χ1v) is 6.33. The minimum atomic E-state index is -0.151. The summed E-state index contributed by atoms with van der Waals surface area (Å²) in [6.45, 7) is 1.78. The first-order valence-electron chi connectivity index (χ1n) is 5.52. The molecule has 1 aromatic heterocycles. The molecule has 1 aromatic carbocycles. The highest BCUT2D eigenvalue weighted by atomic mass is 32.1. The van der Waals surface area contributed by atoms with Crippen molar-refractivity contribution in [2.24, 2.45) is 7.05 Å². The molecule has 5 heteroatoms. The predicted molar refractivity (Wildman–Crippen MR) is 73.5 cm³/mol. The van der Waals surface area contributed by atoms with Crippen molar-refractivity contribution in [3.05, 3.63) is 50.6 Å². The molecule has 0 aliphatic heterocycles. The van der Waals surface area contributed by atoms with Gasteiger partial charge in [0.2, 0.25) is 0 Å². The number of hydrogen-bond acceptors (Lipinski definition) is 3. The van der Waals surface area contributed by atoms with Crippen LogP contribution in [0.2, 0.25) is 0 Å². The van der Waals surface area contributed by atoms with Gasteiger partial charge in [-0.3, -0.25) is 9.59 Å². The zero-order valence-corrected chi connectivity index (χ0v) is 11.3. The predicted octanol–water partition coefficient (Wildman–Crippen LogP) is 2.03. The summed E-state index contributed by atoms with van der Waals surface area (Å²) < 4.78 is 1.50. The smallest absolute Gasteiger partial charge is 0.307 e. The molecule has 0 bridgehead atoms. The fraction of sp³-hybridized carbons (Fsp3) is 0.231. The topological polar surface area (TPSA) is 42.3 Å². The fourth-order valence-electron chi connectivity index (χ4n) is 1.64. The molecule has 1 amide bonds. The number of nitrogens with zero attached hydrogens (tertiary/aromatic N) is 2. The molecule has 0 N–H and O–H groups in total. The first-order chi connectivity index (χ1) is 8.52. The summed E-state index contributed by atoms with van der Waals surface area (Å²) in [7, 11) is 3.38. The minimum absolute atomic E-state index is 0.114. The lowest BCUT2D eigenvalue weighted by atomic mass is 10.2. The molecule has 2 rings (SSSR count). The molecule has 1 heterocycles. The van der Waals surface area contributed by atoms with Crippen LogP contribution in [0, 0.1) is 6.92 Å². The Kier molecular flexibility index (Phi) is 3.34. The van der Waals surface area contributed by atoms with Gasteiger partial charge in [0.25, 0.3) is 5.91 Å². The molecule has 0 radical (unpaired) electrons. The summed E-state index contributed by atoms with van der Waals surface area (Å²) in [4.78, 5) is 25.8. The molecular formula is C13H14N2O2S. The second-order valence-corrected chi connectivity index (χ2v) is 5.00. The van der Waals surface area contributed by atoms with Crippen molar-refractivity contribution < 1.29 is 4.79 Å². The summed E-state index contributed by atoms with van der Waals surface area (Å²) in [6.07, 6.45) is 0. The third-order valence-electron chi connectivity index (χ3n) is 2.94. The van der Waals surface area contributed by atoms with Crippen molar-refractivity contribution >= 4 is 22.9 Å². The molecule has 0 saturated carbocycles. The monoisotopic (exact) mass is 262 g/mol. The van der Waals surface area contributed by atoms with Crippen LogP contribution in [0.3, 0.4) is 0 Å². The van der Waals surface area contributed by atoms with E-state index in [1.807, 2.05) is 30.3 Å². The van der Waals surface area contributed by atoms with Gasteiger partial charge in [0.15, 0.2) is 0 Å². The highest BCUT2D eigenvalue weighted by molar-refractivity contribution is 7.11. The number of amides is 1. The summed E-state index contributed by atoms with van der Waals surface area (Å²) in [6, 6.07) is 9.37. The van der Waals surface area contributed by atoms with Gasteiger partial charge in [-0.25, -0.2) is 0 Å². The highest BCUT2D eigenvalue weighted by Gasteiger charge is 2.20. The quantitative estimate of drug-likeness (QED) is 0.831. The fourth-order valence-corrected chi connectivity index (χ4v) is 2.60. The Hall–Kier alpha value is -1.88. The molecule has 2 aromatic rings. The van der Waals surface area contributed by atoms with Gasteiger partial charge in [-0.1, -0.05) is 29.5 Å². The molecule has 0 aliphatic rings. The Bertz CT molecular complexity index is 628. The highest BCUT2D eigenvalue weighted by Crippen LogP contribution is 2.18. The van der Waals surface area contributed by atoms with Crippen LogP contribution in [0.5, 0.6) is 0 Å². The molecule has 0 atom stereocenters. The Morgan fingerprint density at radius 1 is 1.28 bits per heavy atom. The zero-order chi connectivity index (χ0) is 13.3. The van der Waals surface area contributed by atoms with Crippen LogP contribution < -0.4 is 9.77 Å². The van der Waals surface area contributed by atoms with Crippen molar-refractivity contribution in [2.75, 3.05) is 11.9 Å². The van der Waals surface area contributed by atoms with Crippen molar-refractivity contribution in [3.8, 4) is 0 Å². The Morgan fingerprint density at radius 3 is 2.39 bits per heavy atom. The van der Waals surface area contributed by atoms with E-state index in [1.54, 1.807) is 25.9 Å². The van der Waals surface area contributed by atoms with E-state index < -0.39 is 0 Å². The van der Waals surface area contributed by atoms with Crippen molar-refractivity contribution in [1.29, 1.82) is 0 Å². The Labute approximate surface area is 109 Å². The molecule has 94 valence electrons. The maximum atomic E-state index is 12.3. The molecule has 4 nitrogen and oxygen atoms in total. The third-order valence-corrected chi connectivity index (χ3v) is 4.06. The standard InChI is InChI=1S/C13H14N2O2S/c1-9-11(18-13(17)14(9)2)12(16)15(3)10-7-5-4-6-8-10/h4-8H,1-3H3. The molecule has 0 aliphatic carbocycles. The third kappa shape index (κ3) is 2.09. The van der Waals surface area contributed by atoms with Crippen LogP contribution in [0.25, 0.3) is 0 Å². The number of rotatable bonds is 2. The van der Waals surface area contributed by atoms with E-state index in [0.717, 1.165) is 17.0 Å². The molecule has 0 fully saturated rings. The minimum Gasteiger partial charge on any atom is -0.311 e. The van der Waals surface area contributed by atoms with Gasteiger partial charge in [-0.05, 0) is 19.1 Å². The van der Waals surface area contributed by atoms with Crippen LogP contribution in [0.15, 0.2) is 35.1 Å². The molecule has 0 spiro atoms. The van der Waals surface area contributed by atoms with E-state index in [2.05, 4.69) is 0 Å². The van der Waals surface area contributed by atoms with Crippen LogP contribution in [-0.4, -0.2) is 17.5 Å². The van der Waals surface area contributed by atoms with Crippen molar-refractivity contribution in [1.82, 2.24) is 4.57 Å². The Morgan fingerprint density at radius 2 is 1.89 bits per heavy atom. The second-order valence-electron chi connectivity index (χ2n) is 4.04. The van der Waals surface area contributed by atoms with Gasteiger partial charge in [-0.2, -0.15) is 0 Å². The van der Waals surface area contributed by atoms with E-state index in [0.29, 0.717) is 10.6 Å². The lowest BCUT2D eigenvalue weighted by Crippen LogP contribution is -2.26. The van der Waals surface area contributed by atoms with E-state index in [9.17, 15) is 9.59 Å². The van der Waals surface area contributed by atoms with Crippen LogP contribution in [0.1, 0.15) is 15.4 Å². The van der Waals surface area contributed by atoms with Gasteiger partial charge < -0.3 is 9.47 Å². The van der Waals surface area contributed by atoms with Crippen molar-refractivity contribution in [3.63, 3.8) is 0 Å². The summed E-state index contributed by atoms with van der Waals surface area (Å²) in [5.41, 5.74) is 1.52. The SMILES string of the molecule is Cc1c(C(=O)N(C)c2ccccc2)sc(=O)n1C. The van der Waals surface area contributed by atoms with Gasteiger partial charge in [-0.15, -0.1) is 0 Å². The van der Waals surface area contributed by atoms with Gasteiger partial charge in [0, 0.05) is 25.5 Å². The normalized spacial score (nSPS) is 10.4. The van der Waals surface area contributed by atoms with E-state index >= 15 is 0 Å². The molecule has 0 saturated heterocycles. The zero-order valence-electron chi connectivity index (χ0n) is 10.5. The second kappa shape index (κ2) is 4.78. The molecule has 0 unspecified atom stereocenters. The van der Waals surface area contributed by atoms with Crippen LogP contribution in [-0.2, 0) is 7.05 Å². The summed E-state index contributed by atoms with van der Waals surface area (Å²) >= 11 is 0.988. The maximum Gasteiger partial charge on any atom is 0.307 e. The summed E-state index contributed by atoms with van der Waals surface area (Å²) in [5.74, 6) is -0.151. The number of para-hydroxylation sites is 1. The average molecular weight is 262 g/mol. The van der Waals surface area contributed by atoms with Gasteiger partial charge >= 0.3 is 4.87 Å². The number of hydrogen-bond donors (Lipinski definition) is 0. The molecule has 18 heavy (non-hydrogen) atoms. The van der Waals surface area contributed by atoms with Crippen LogP contribution >= 0.6 is 11.3 Å². The Balaban J connectivity index is 2.38. The van der Waals surface area contributed by atoms with Crippen LogP contribution in [0.4, 0.5) is 5.69 Å². The first kappa shape index (κ1) is 12.6. The van der Waals surface area contributed by atoms with Gasteiger partial charge in [0.05, 0.1) is 0 Å². The van der Waals surface area contributed by atoms with Crippen molar-refractivity contribution in [2.45, 2.75) is 6.92 Å². The van der Waals surface area contributed by atoms with Gasteiger partial charge in [0.1, 0.15) is 4.88 Å². The average Bonchev–Trinajstić information content (AvgIpc) is 2.66. The number of aromatic nitrogens is 1. The molecular weight excluding hydrogens is 248 g/mol. The maximum absolute atomic E-state index is 12.3. The lowest BCUT2D eigenvalue weighted by Gasteiger charge is -2.16. The van der Waals surface area contributed by atoms with E-state index in [-0.39, 0.29) is 10.8 Å². The number of carbonyl (C=O) groups is 1. The van der Waals surface area contributed by atoms with E-state index in [1.165, 1.54) is 4.57 Å². The summed E-state index contributed by atoms with van der Waals surface area (Å²) in [5, 5.41) is 0. The number of carbonyl (C=O) groups excluding carboxylic acids is 1. The number of thiazole rings is 1. The largest absolute Gasteiger partial charge is 0.311 e. The van der Waals surface area contributed by atoms with E-state index in [4.69, 9.17) is 0 Å². The number of benzene rings is 1.